The summed E-state index contributed by atoms with van der Waals surface area (Å²) in [6.07, 6.45) is 1.36. The predicted molar refractivity (Wildman–Crippen MR) is 91.5 cm³/mol. The van der Waals surface area contributed by atoms with Crippen LogP contribution in [0.5, 0.6) is 5.88 Å². The first-order valence-corrected chi connectivity index (χ1v) is 9.27. The van der Waals surface area contributed by atoms with Gasteiger partial charge in [-0.3, -0.25) is 14.3 Å². The summed E-state index contributed by atoms with van der Waals surface area (Å²) in [6, 6.07) is 4.22. The molecular formula is C14H14N4O5S2. The number of hydrogen-bond donors (Lipinski definition) is 1. The molecule has 132 valence electrons. The number of ether oxygens (including phenoxy) is 1. The molecule has 0 aliphatic heterocycles. The van der Waals surface area contributed by atoms with Gasteiger partial charge in [0.2, 0.25) is 5.88 Å². The van der Waals surface area contributed by atoms with Crippen LogP contribution < -0.4 is 14.3 Å². The number of nitrogens with one attached hydrogen (secondary N) is 1. The van der Waals surface area contributed by atoms with Gasteiger partial charge in [0.1, 0.15) is 5.56 Å². The highest BCUT2D eigenvalue weighted by atomic mass is 32.2. The van der Waals surface area contributed by atoms with Gasteiger partial charge in [-0.05, 0) is 18.2 Å². The highest BCUT2D eigenvalue weighted by molar-refractivity contribution is 7.90. The number of thiazole rings is 1. The van der Waals surface area contributed by atoms with E-state index in [1.165, 1.54) is 40.8 Å². The van der Waals surface area contributed by atoms with Crippen molar-refractivity contribution in [2.45, 2.75) is 4.90 Å². The quantitative estimate of drug-likeness (QED) is 0.702. The van der Waals surface area contributed by atoms with Gasteiger partial charge >= 0.3 is 4.87 Å². The Morgan fingerprint density at radius 1 is 1.32 bits per heavy atom. The summed E-state index contributed by atoms with van der Waals surface area (Å²) in [5, 5.41) is 3.91. The maximum Gasteiger partial charge on any atom is 0.307 e. The molecule has 0 aliphatic carbocycles. The van der Waals surface area contributed by atoms with Gasteiger partial charge in [-0.25, -0.2) is 13.1 Å². The third-order valence-electron chi connectivity index (χ3n) is 3.53. The average Bonchev–Trinajstić information content (AvgIpc) is 3.07. The number of aryl methyl sites for hydroxylation is 2. The number of sulfonamides is 1. The number of amides is 1. The van der Waals surface area contributed by atoms with E-state index in [2.05, 4.69) is 5.10 Å². The van der Waals surface area contributed by atoms with Gasteiger partial charge in [-0.1, -0.05) is 11.3 Å². The lowest BCUT2D eigenvalue weighted by molar-refractivity contribution is 0.0978. The largest absolute Gasteiger partial charge is 0.479 e. The van der Waals surface area contributed by atoms with Crippen LogP contribution in [0.3, 0.4) is 0 Å². The summed E-state index contributed by atoms with van der Waals surface area (Å²) < 4.78 is 35.2. The van der Waals surface area contributed by atoms with Crippen LogP contribution in [0.25, 0.3) is 10.2 Å². The van der Waals surface area contributed by atoms with Crippen LogP contribution in [0.2, 0.25) is 0 Å². The van der Waals surface area contributed by atoms with E-state index in [9.17, 15) is 18.0 Å². The van der Waals surface area contributed by atoms with Crippen LogP contribution in [0.1, 0.15) is 10.4 Å². The maximum atomic E-state index is 12.5. The molecule has 11 heteroatoms. The molecule has 0 bridgehead atoms. The van der Waals surface area contributed by atoms with E-state index in [0.29, 0.717) is 10.2 Å². The number of nitrogens with zero attached hydrogens (tertiary/aromatic N) is 3. The molecule has 0 aliphatic rings. The number of hydrogen-bond acceptors (Lipinski definition) is 7. The first-order valence-electron chi connectivity index (χ1n) is 6.97. The molecule has 0 unspecified atom stereocenters. The van der Waals surface area contributed by atoms with Crippen molar-refractivity contribution in [1.82, 2.24) is 19.1 Å². The average molecular weight is 382 g/mol. The van der Waals surface area contributed by atoms with Crippen LogP contribution in [0.15, 0.2) is 34.1 Å². The van der Waals surface area contributed by atoms with Crippen molar-refractivity contribution >= 4 is 37.5 Å². The fourth-order valence-electron chi connectivity index (χ4n) is 2.29. The predicted octanol–water partition coefficient (Wildman–Crippen LogP) is 0.461. The number of carbonyl (C=O) groups excluding carboxylic acids is 1. The van der Waals surface area contributed by atoms with E-state index in [0.717, 1.165) is 11.3 Å². The van der Waals surface area contributed by atoms with Crippen molar-refractivity contribution in [3.8, 4) is 5.88 Å². The van der Waals surface area contributed by atoms with Crippen LogP contribution >= 0.6 is 11.3 Å². The monoisotopic (exact) mass is 382 g/mol. The van der Waals surface area contributed by atoms with E-state index < -0.39 is 15.9 Å². The molecule has 25 heavy (non-hydrogen) atoms. The zero-order valence-electron chi connectivity index (χ0n) is 13.5. The van der Waals surface area contributed by atoms with Gasteiger partial charge < -0.3 is 9.30 Å². The molecule has 1 amide bonds. The van der Waals surface area contributed by atoms with Crippen molar-refractivity contribution in [3.05, 3.63) is 39.6 Å². The molecule has 0 saturated heterocycles. The minimum absolute atomic E-state index is 0.000906. The van der Waals surface area contributed by atoms with Crippen molar-refractivity contribution in [1.29, 1.82) is 0 Å². The lowest BCUT2D eigenvalue weighted by atomic mass is 10.3. The molecule has 3 rings (SSSR count). The summed E-state index contributed by atoms with van der Waals surface area (Å²) in [5.41, 5.74) is 0.619. The summed E-state index contributed by atoms with van der Waals surface area (Å²) in [4.78, 5) is 23.6. The zero-order valence-corrected chi connectivity index (χ0v) is 15.1. The van der Waals surface area contributed by atoms with Gasteiger partial charge in [-0.15, -0.1) is 5.10 Å². The third-order valence-corrected chi connectivity index (χ3v) is 5.86. The molecule has 1 aromatic carbocycles. The number of carbonyl (C=O) groups is 1. The Morgan fingerprint density at radius 3 is 2.72 bits per heavy atom. The smallest absolute Gasteiger partial charge is 0.307 e. The van der Waals surface area contributed by atoms with Crippen LogP contribution in [-0.4, -0.2) is 35.8 Å². The lowest BCUT2D eigenvalue weighted by Gasteiger charge is -2.07. The van der Waals surface area contributed by atoms with Gasteiger partial charge in [-0.2, -0.15) is 0 Å². The molecule has 2 aromatic heterocycles. The number of aromatic nitrogens is 3. The van der Waals surface area contributed by atoms with Gasteiger partial charge in [0.15, 0.2) is 0 Å². The highest BCUT2D eigenvalue weighted by Gasteiger charge is 2.24. The summed E-state index contributed by atoms with van der Waals surface area (Å²) in [5.74, 6) is -0.835. The molecule has 0 fully saturated rings. The number of rotatable bonds is 4. The Hall–Kier alpha value is -2.66. The molecular weight excluding hydrogens is 368 g/mol. The Kier molecular flexibility index (Phi) is 4.13. The molecule has 3 aromatic rings. The second-order valence-electron chi connectivity index (χ2n) is 5.22. The Morgan fingerprint density at radius 2 is 2.04 bits per heavy atom. The molecule has 0 spiro atoms. The van der Waals surface area contributed by atoms with E-state index in [1.54, 1.807) is 14.1 Å². The summed E-state index contributed by atoms with van der Waals surface area (Å²) >= 11 is 0.931. The van der Waals surface area contributed by atoms with Crippen molar-refractivity contribution in [2.75, 3.05) is 7.11 Å². The zero-order chi connectivity index (χ0) is 18.4. The minimum Gasteiger partial charge on any atom is -0.479 e. The topological polar surface area (TPSA) is 112 Å². The highest BCUT2D eigenvalue weighted by Crippen LogP contribution is 2.22. The van der Waals surface area contributed by atoms with Gasteiger partial charge in [0.05, 0.1) is 22.2 Å². The second kappa shape index (κ2) is 6.01. The minimum atomic E-state index is -4.12. The lowest BCUT2D eigenvalue weighted by Crippen LogP contribution is -2.30. The first-order chi connectivity index (χ1) is 11.7. The third kappa shape index (κ3) is 3.03. The Labute approximate surface area is 146 Å². The molecule has 0 radical (unpaired) electrons. The van der Waals surface area contributed by atoms with Gasteiger partial charge in [0.25, 0.3) is 15.9 Å². The second-order valence-corrected chi connectivity index (χ2v) is 7.89. The van der Waals surface area contributed by atoms with Crippen molar-refractivity contribution in [2.24, 2.45) is 14.1 Å². The number of methoxy groups -OCH3 is 1. The molecule has 0 atom stereocenters. The van der Waals surface area contributed by atoms with E-state index in [1.807, 2.05) is 4.72 Å². The fourth-order valence-corrected chi connectivity index (χ4v) is 4.28. The number of benzene rings is 1. The normalized spacial score (nSPS) is 11.6. The van der Waals surface area contributed by atoms with Crippen LogP contribution in [0.4, 0.5) is 0 Å². The Balaban J connectivity index is 1.96. The maximum absolute atomic E-state index is 12.5. The molecule has 9 nitrogen and oxygen atoms in total. The van der Waals surface area contributed by atoms with Crippen LogP contribution in [0, 0.1) is 0 Å². The standard InChI is InChI=1S/C14H14N4O5S2/c1-17-7-9(13(15-17)23-3)12(19)16-25(21,22)8-4-5-10-11(6-8)24-14(20)18(10)2/h4-7H,1-3H3,(H,16,19). The van der Waals surface area contributed by atoms with E-state index in [4.69, 9.17) is 4.74 Å². The molecule has 0 saturated carbocycles. The number of fused-ring (bicyclic) bond motifs is 1. The Bertz CT molecular complexity index is 1140. The summed E-state index contributed by atoms with van der Waals surface area (Å²) in [7, 11) is 0.402. The molecule has 2 heterocycles. The molecule has 1 N–H and O–H groups in total. The van der Waals surface area contributed by atoms with Crippen molar-refractivity contribution in [3.63, 3.8) is 0 Å². The SMILES string of the molecule is COc1nn(C)cc1C(=O)NS(=O)(=O)c1ccc2c(c1)sc(=O)n2C. The fraction of sp³-hybridized carbons (Fsp3) is 0.214. The summed E-state index contributed by atoms with van der Waals surface area (Å²) in [6.45, 7) is 0. The van der Waals surface area contributed by atoms with E-state index in [-0.39, 0.29) is 21.2 Å². The van der Waals surface area contributed by atoms with Crippen molar-refractivity contribution < 1.29 is 17.9 Å². The first kappa shape index (κ1) is 17.2. The van der Waals surface area contributed by atoms with Gasteiger partial charge in [0, 0.05) is 20.3 Å². The van der Waals surface area contributed by atoms with E-state index >= 15 is 0 Å². The van der Waals surface area contributed by atoms with Crippen LogP contribution in [-0.2, 0) is 24.1 Å².